The summed E-state index contributed by atoms with van der Waals surface area (Å²) < 4.78 is 0. The molecule has 1 heterocycles. The lowest BCUT2D eigenvalue weighted by atomic mass is 9.93. The van der Waals surface area contributed by atoms with E-state index in [9.17, 15) is 14.7 Å². The fraction of sp³-hybridized carbons (Fsp3) is 0.846. The molecule has 102 valence electrons. The Labute approximate surface area is 108 Å². The molecule has 0 aromatic carbocycles. The van der Waals surface area contributed by atoms with Gasteiger partial charge in [-0.25, -0.2) is 4.79 Å². The monoisotopic (exact) mass is 254 g/mol. The fourth-order valence-electron chi connectivity index (χ4n) is 2.78. The van der Waals surface area contributed by atoms with Crippen molar-refractivity contribution in [3.63, 3.8) is 0 Å². The molecule has 1 aliphatic carbocycles. The van der Waals surface area contributed by atoms with E-state index in [-0.39, 0.29) is 12.5 Å². The molecule has 1 unspecified atom stereocenters. The van der Waals surface area contributed by atoms with Gasteiger partial charge < -0.3 is 15.3 Å². The summed E-state index contributed by atoms with van der Waals surface area (Å²) in [5.41, 5.74) is -0.960. The molecule has 5 heteroatoms. The van der Waals surface area contributed by atoms with Crippen molar-refractivity contribution in [1.29, 1.82) is 0 Å². The fourth-order valence-corrected chi connectivity index (χ4v) is 2.78. The van der Waals surface area contributed by atoms with Gasteiger partial charge in [0.1, 0.15) is 5.54 Å². The molecular weight excluding hydrogens is 232 g/mol. The summed E-state index contributed by atoms with van der Waals surface area (Å²) in [6.45, 7) is 3.57. The molecule has 1 amide bonds. The van der Waals surface area contributed by atoms with Crippen molar-refractivity contribution in [2.75, 3.05) is 19.6 Å². The number of nitrogens with one attached hydrogen (secondary N) is 1. The van der Waals surface area contributed by atoms with E-state index in [1.807, 2.05) is 6.92 Å². The Bertz CT molecular complexity index is 341. The predicted molar refractivity (Wildman–Crippen MR) is 67.2 cm³/mol. The van der Waals surface area contributed by atoms with E-state index < -0.39 is 11.5 Å². The minimum atomic E-state index is -0.960. The Hall–Kier alpha value is -1.10. The van der Waals surface area contributed by atoms with Crippen molar-refractivity contribution >= 4 is 11.9 Å². The molecule has 1 saturated carbocycles. The molecule has 18 heavy (non-hydrogen) atoms. The highest BCUT2D eigenvalue weighted by Gasteiger charge is 2.48. The van der Waals surface area contributed by atoms with Gasteiger partial charge >= 0.3 is 5.97 Å². The van der Waals surface area contributed by atoms with Gasteiger partial charge in [-0.15, -0.1) is 0 Å². The van der Waals surface area contributed by atoms with Crippen LogP contribution in [0.2, 0.25) is 0 Å². The van der Waals surface area contributed by atoms with Crippen LogP contribution in [0.15, 0.2) is 0 Å². The number of hydrogen-bond acceptors (Lipinski definition) is 3. The molecular formula is C13H22N2O3. The Morgan fingerprint density at radius 3 is 2.72 bits per heavy atom. The molecule has 1 aliphatic heterocycles. The maximum atomic E-state index is 12.1. The van der Waals surface area contributed by atoms with Crippen LogP contribution in [0.3, 0.4) is 0 Å². The van der Waals surface area contributed by atoms with E-state index in [0.29, 0.717) is 19.4 Å². The maximum Gasteiger partial charge on any atom is 0.329 e. The number of carbonyl (C=O) groups excluding carboxylic acids is 1. The number of carboxylic acids is 1. The van der Waals surface area contributed by atoms with Gasteiger partial charge in [0.15, 0.2) is 0 Å². The number of rotatable bonds is 6. The zero-order valence-electron chi connectivity index (χ0n) is 10.9. The minimum Gasteiger partial charge on any atom is -0.479 e. The van der Waals surface area contributed by atoms with Gasteiger partial charge in [-0.2, -0.15) is 0 Å². The molecule has 2 aliphatic rings. The first-order chi connectivity index (χ1) is 8.60. The summed E-state index contributed by atoms with van der Waals surface area (Å²) in [5, 5.41) is 12.5. The van der Waals surface area contributed by atoms with E-state index in [1.165, 1.54) is 12.8 Å². The zero-order valence-corrected chi connectivity index (χ0v) is 10.9. The lowest BCUT2D eigenvalue weighted by Crippen LogP contribution is -2.54. The van der Waals surface area contributed by atoms with Gasteiger partial charge in [-0.1, -0.05) is 6.92 Å². The predicted octanol–water partition coefficient (Wildman–Crippen LogP) is 0.842. The van der Waals surface area contributed by atoms with Crippen LogP contribution in [-0.2, 0) is 9.59 Å². The number of hydrogen-bond donors (Lipinski definition) is 2. The molecule has 0 aromatic heterocycles. The van der Waals surface area contributed by atoms with E-state index in [2.05, 4.69) is 5.32 Å². The third-order valence-corrected chi connectivity index (χ3v) is 4.18. The van der Waals surface area contributed by atoms with Crippen molar-refractivity contribution < 1.29 is 14.7 Å². The van der Waals surface area contributed by atoms with E-state index in [0.717, 1.165) is 18.9 Å². The number of likely N-dealkylation sites (tertiary alicyclic amines) is 1. The summed E-state index contributed by atoms with van der Waals surface area (Å²) in [4.78, 5) is 25.1. The summed E-state index contributed by atoms with van der Waals surface area (Å²) in [6.07, 6.45) is 4.34. The number of carbonyl (C=O) groups is 2. The quantitative estimate of drug-likeness (QED) is 0.737. The second-order valence-corrected chi connectivity index (χ2v) is 5.41. The summed E-state index contributed by atoms with van der Waals surface area (Å²) in [7, 11) is 0. The first-order valence-electron chi connectivity index (χ1n) is 6.84. The highest BCUT2D eigenvalue weighted by molar-refractivity contribution is 5.88. The summed E-state index contributed by atoms with van der Waals surface area (Å²) in [6, 6.07) is 0. The summed E-state index contributed by atoms with van der Waals surface area (Å²) in [5.74, 6) is -0.206. The van der Waals surface area contributed by atoms with Gasteiger partial charge in [-0.3, -0.25) is 4.79 Å². The van der Waals surface area contributed by atoms with Crippen LogP contribution in [-0.4, -0.2) is 47.1 Å². The number of aliphatic carboxylic acids is 1. The number of nitrogens with zero attached hydrogens (tertiary/aromatic N) is 1. The van der Waals surface area contributed by atoms with Crippen LogP contribution in [0.5, 0.6) is 0 Å². The third kappa shape index (κ3) is 2.51. The largest absolute Gasteiger partial charge is 0.479 e. The van der Waals surface area contributed by atoms with Crippen LogP contribution >= 0.6 is 0 Å². The molecule has 1 atom stereocenters. The van der Waals surface area contributed by atoms with Gasteiger partial charge in [0.05, 0.1) is 6.54 Å². The standard InChI is InChI=1S/C13H22N2O3/c1-2-13(12(17)18)6-3-7-15(13)11(16)9-14-8-10-4-5-10/h10,14H,2-9H2,1H3,(H,17,18). The summed E-state index contributed by atoms with van der Waals surface area (Å²) >= 11 is 0. The van der Waals surface area contributed by atoms with Crippen LogP contribution < -0.4 is 5.32 Å². The topological polar surface area (TPSA) is 69.6 Å². The second kappa shape index (κ2) is 5.26. The van der Waals surface area contributed by atoms with Crippen molar-refractivity contribution in [2.45, 2.75) is 44.6 Å². The molecule has 1 saturated heterocycles. The van der Waals surface area contributed by atoms with Gasteiger partial charge in [0, 0.05) is 6.54 Å². The van der Waals surface area contributed by atoms with Gasteiger partial charge in [-0.05, 0) is 44.6 Å². The lowest BCUT2D eigenvalue weighted by molar-refractivity contribution is -0.156. The maximum absolute atomic E-state index is 12.1. The highest BCUT2D eigenvalue weighted by Crippen LogP contribution is 2.32. The first kappa shape index (κ1) is 13.3. The van der Waals surface area contributed by atoms with Crippen LogP contribution in [0.25, 0.3) is 0 Å². The van der Waals surface area contributed by atoms with Crippen molar-refractivity contribution in [1.82, 2.24) is 10.2 Å². The van der Waals surface area contributed by atoms with Crippen LogP contribution in [0, 0.1) is 5.92 Å². The van der Waals surface area contributed by atoms with Gasteiger partial charge in [0.2, 0.25) is 5.91 Å². The van der Waals surface area contributed by atoms with Crippen LogP contribution in [0.4, 0.5) is 0 Å². The van der Waals surface area contributed by atoms with Gasteiger partial charge in [0.25, 0.3) is 0 Å². The molecule has 2 rings (SSSR count). The minimum absolute atomic E-state index is 0.0719. The Balaban J connectivity index is 1.92. The molecule has 0 bridgehead atoms. The SMILES string of the molecule is CCC1(C(=O)O)CCCN1C(=O)CNCC1CC1. The second-order valence-electron chi connectivity index (χ2n) is 5.41. The Morgan fingerprint density at radius 1 is 1.44 bits per heavy atom. The number of amides is 1. The first-order valence-corrected chi connectivity index (χ1v) is 6.84. The molecule has 2 fully saturated rings. The van der Waals surface area contributed by atoms with Crippen molar-refractivity contribution in [2.24, 2.45) is 5.92 Å². The highest BCUT2D eigenvalue weighted by atomic mass is 16.4. The molecule has 0 spiro atoms. The molecule has 0 aromatic rings. The molecule has 0 radical (unpaired) electrons. The average Bonchev–Trinajstić information content (AvgIpc) is 3.05. The Kier molecular flexibility index (Phi) is 3.90. The van der Waals surface area contributed by atoms with Crippen molar-refractivity contribution in [3.8, 4) is 0 Å². The smallest absolute Gasteiger partial charge is 0.329 e. The normalized spacial score (nSPS) is 27.5. The zero-order chi connectivity index (χ0) is 13.2. The average molecular weight is 254 g/mol. The van der Waals surface area contributed by atoms with E-state index >= 15 is 0 Å². The molecule has 2 N–H and O–H groups in total. The van der Waals surface area contributed by atoms with E-state index in [1.54, 1.807) is 4.90 Å². The molecule has 5 nitrogen and oxygen atoms in total. The van der Waals surface area contributed by atoms with Crippen LogP contribution in [0.1, 0.15) is 39.0 Å². The van der Waals surface area contributed by atoms with E-state index in [4.69, 9.17) is 0 Å². The van der Waals surface area contributed by atoms with Crippen molar-refractivity contribution in [3.05, 3.63) is 0 Å². The lowest BCUT2D eigenvalue weighted by Gasteiger charge is -2.34. The third-order valence-electron chi connectivity index (χ3n) is 4.18. The Morgan fingerprint density at radius 2 is 2.17 bits per heavy atom. The number of carboxylic acid groups (broad SMARTS) is 1.